The predicted molar refractivity (Wildman–Crippen MR) is 116 cm³/mol. The van der Waals surface area contributed by atoms with E-state index in [0.717, 1.165) is 33.5 Å². The normalized spacial score (nSPS) is 17.7. The number of nitrogens with zero attached hydrogens (tertiary/aromatic N) is 2. The van der Waals surface area contributed by atoms with E-state index in [1.807, 2.05) is 24.4 Å². The smallest absolute Gasteiger partial charge is 0.0709 e. The minimum atomic E-state index is 0.770. The zero-order valence-corrected chi connectivity index (χ0v) is 16.2. The third-order valence-corrected chi connectivity index (χ3v) is 5.07. The van der Waals surface area contributed by atoms with E-state index >= 15 is 0 Å². The highest BCUT2D eigenvalue weighted by Crippen LogP contribution is 2.35. The van der Waals surface area contributed by atoms with Crippen LogP contribution in [-0.4, -0.2) is 12.8 Å². The molecule has 0 amide bonds. The van der Waals surface area contributed by atoms with Crippen molar-refractivity contribution in [2.45, 2.75) is 6.92 Å². The highest BCUT2D eigenvalue weighted by Gasteiger charge is 2.17. The number of hydrogen-bond donors (Lipinski definition) is 0. The fourth-order valence-electron chi connectivity index (χ4n) is 3.28. The maximum atomic E-state index is 4.50. The molecule has 0 fully saturated rings. The van der Waals surface area contributed by atoms with E-state index in [-0.39, 0.29) is 0 Å². The summed E-state index contributed by atoms with van der Waals surface area (Å²) in [5, 5.41) is 0. The first-order valence-electron chi connectivity index (χ1n) is 8.59. The molecular weight excluding hydrogens is 384 g/mol. The maximum absolute atomic E-state index is 4.50. The Morgan fingerprint density at radius 1 is 1.12 bits per heavy atom. The van der Waals surface area contributed by atoms with Crippen LogP contribution >= 0.6 is 15.9 Å². The lowest BCUT2D eigenvalue weighted by molar-refractivity contribution is 1.03. The minimum Gasteiger partial charge on any atom is -0.337 e. The van der Waals surface area contributed by atoms with Crippen LogP contribution in [0, 0.1) is 6.92 Å². The van der Waals surface area contributed by atoms with Crippen molar-refractivity contribution in [1.82, 2.24) is 0 Å². The standard InChI is InChI=1S/C23H19BrN2/c1-3-12-26-20(9-6-17-5-4-16(2)13-23(17)26)10-7-18-15-25-22-11-8-19(24)14-21(18)22/h3-11,13-15H,1,12H2,2H3/b18-7-,20-10-. The third kappa shape index (κ3) is 3.11. The van der Waals surface area contributed by atoms with Crippen LogP contribution in [-0.2, 0) is 0 Å². The molecule has 128 valence electrons. The molecule has 0 atom stereocenters. The molecule has 2 nitrogen and oxygen atoms in total. The van der Waals surface area contributed by atoms with Gasteiger partial charge in [-0.25, -0.2) is 0 Å². The van der Waals surface area contributed by atoms with Crippen LogP contribution in [0.3, 0.4) is 0 Å². The fourth-order valence-corrected chi connectivity index (χ4v) is 3.64. The Kier molecular flexibility index (Phi) is 4.48. The first kappa shape index (κ1) is 16.8. The Morgan fingerprint density at radius 3 is 2.85 bits per heavy atom. The Bertz CT molecular complexity index is 1010. The van der Waals surface area contributed by atoms with Gasteiger partial charge in [0.1, 0.15) is 0 Å². The molecule has 0 saturated heterocycles. The quantitative estimate of drug-likeness (QED) is 0.537. The number of rotatable bonds is 3. The van der Waals surface area contributed by atoms with Crippen LogP contribution in [0.25, 0.3) is 11.6 Å². The van der Waals surface area contributed by atoms with Crippen LogP contribution in [0.4, 0.5) is 11.4 Å². The summed E-state index contributed by atoms with van der Waals surface area (Å²) in [7, 11) is 0. The maximum Gasteiger partial charge on any atom is 0.0709 e. The molecule has 0 aromatic heterocycles. The molecule has 0 saturated carbocycles. The predicted octanol–water partition coefficient (Wildman–Crippen LogP) is 6.46. The van der Waals surface area contributed by atoms with Crippen LogP contribution in [0.1, 0.15) is 16.7 Å². The summed E-state index contributed by atoms with van der Waals surface area (Å²) in [6, 6.07) is 12.7. The van der Waals surface area contributed by atoms with Gasteiger partial charge >= 0.3 is 0 Å². The van der Waals surface area contributed by atoms with Crippen molar-refractivity contribution >= 4 is 45.2 Å². The van der Waals surface area contributed by atoms with Gasteiger partial charge in [0, 0.05) is 39.8 Å². The van der Waals surface area contributed by atoms with E-state index in [4.69, 9.17) is 0 Å². The molecule has 0 aliphatic carbocycles. The van der Waals surface area contributed by atoms with Gasteiger partial charge in [-0.15, -0.1) is 6.58 Å². The van der Waals surface area contributed by atoms with Gasteiger partial charge in [-0.05, 0) is 54.5 Å². The molecule has 2 aliphatic rings. The summed E-state index contributed by atoms with van der Waals surface area (Å²) in [6.45, 7) is 6.82. The SMILES string of the molecule is C=CCN1/C(=C\C=C2\C=Nc3ccc(Br)cc32)C=Cc2ccc(C)cc21. The summed E-state index contributed by atoms with van der Waals surface area (Å²) in [4.78, 5) is 6.79. The van der Waals surface area contributed by atoms with E-state index in [1.54, 1.807) is 0 Å². The van der Waals surface area contributed by atoms with Crippen molar-refractivity contribution in [1.29, 1.82) is 0 Å². The number of anilines is 1. The number of allylic oxidation sites excluding steroid dienone is 4. The van der Waals surface area contributed by atoms with Crippen molar-refractivity contribution in [2.24, 2.45) is 4.99 Å². The lowest BCUT2D eigenvalue weighted by atomic mass is 10.0. The molecule has 0 bridgehead atoms. The van der Waals surface area contributed by atoms with Crippen molar-refractivity contribution < 1.29 is 0 Å². The molecule has 4 rings (SSSR count). The average molecular weight is 403 g/mol. The zero-order valence-electron chi connectivity index (χ0n) is 14.6. The highest BCUT2D eigenvalue weighted by molar-refractivity contribution is 9.10. The monoisotopic (exact) mass is 402 g/mol. The van der Waals surface area contributed by atoms with Gasteiger partial charge < -0.3 is 4.90 Å². The Hall–Kier alpha value is -2.65. The van der Waals surface area contributed by atoms with E-state index in [1.165, 1.54) is 16.8 Å². The second-order valence-electron chi connectivity index (χ2n) is 6.43. The first-order valence-corrected chi connectivity index (χ1v) is 9.38. The molecular formula is C23H19BrN2. The number of aryl methyl sites for hydroxylation is 1. The lowest BCUT2D eigenvalue weighted by Gasteiger charge is -2.29. The Balaban J connectivity index is 1.73. The minimum absolute atomic E-state index is 0.770. The molecule has 0 spiro atoms. The van der Waals surface area contributed by atoms with Crippen LogP contribution in [0.2, 0.25) is 0 Å². The third-order valence-electron chi connectivity index (χ3n) is 4.58. The second-order valence-corrected chi connectivity index (χ2v) is 7.34. The van der Waals surface area contributed by atoms with Gasteiger partial charge in [-0.2, -0.15) is 0 Å². The number of aliphatic imine (C=N–C) groups is 1. The van der Waals surface area contributed by atoms with Gasteiger partial charge in [0.05, 0.1) is 5.69 Å². The summed E-state index contributed by atoms with van der Waals surface area (Å²) in [6.07, 6.45) is 12.5. The summed E-state index contributed by atoms with van der Waals surface area (Å²) >= 11 is 3.55. The van der Waals surface area contributed by atoms with Gasteiger partial charge in [0.2, 0.25) is 0 Å². The summed E-state index contributed by atoms with van der Waals surface area (Å²) < 4.78 is 1.07. The zero-order chi connectivity index (χ0) is 18.1. The molecule has 0 radical (unpaired) electrons. The van der Waals surface area contributed by atoms with Crippen LogP contribution in [0.15, 0.2) is 82.4 Å². The number of hydrogen-bond acceptors (Lipinski definition) is 2. The van der Waals surface area contributed by atoms with E-state index in [9.17, 15) is 0 Å². The second kappa shape index (κ2) is 6.93. The van der Waals surface area contributed by atoms with Crippen LogP contribution < -0.4 is 4.90 Å². The lowest BCUT2D eigenvalue weighted by Crippen LogP contribution is -2.24. The molecule has 2 aromatic carbocycles. The van der Waals surface area contributed by atoms with Crippen molar-refractivity contribution in [3.05, 3.63) is 94.1 Å². The number of benzene rings is 2. The van der Waals surface area contributed by atoms with Crippen LogP contribution in [0.5, 0.6) is 0 Å². The first-order chi connectivity index (χ1) is 12.7. The number of fused-ring (bicyclic) bond motifs is 2. The molecule has 0 N–H and O–H groups in total. The van der Waals surface area contributed by atoms with Gasteiger partial charge in [-0.3, -0.25) is 4.99 Å². The van der Waals surface area contributed by atoms with E-state index in [0.29, 0.717) is 0 Å². The molecule has 2 heterocycles. The van der Waals surface area contributed by atoms with E-state index in [2.05, 4.69) is 87.9 Å². The molecule has 0 unspecified atom stereocenters. The van der Waals surface area contributed by atoms with Crippen molar-refractivity contribution in [2.75, 3.05) is 11.4 Å². The molecule has 2 aromatic rings. The Morgan fingerprint density at radius 2 is 2.00 bits per heavy atom. The summed E-state index contributed by atoms with van der Waals surface area (Å²) in [5.74, 6) is 0. The molecule has 3 heteroatoms. The molecule has 2 aliphatic heterocycles. The Labute approximate surface area is 162 Å². The highest BCUT2D eigenvalue weighted by atomic mass is 79.9. The van der Waals surface area contributed by atoms with Gasteiger partial charge in [0.15, 0.2) is 0 Å². The van der Waals surface area contributed by atoms with Crippen molar-refractivity contribution in [3.63, 3.8) is 0 Å². The van der Waals surface area contributed by atoms with Crippen molar-refractivity contribution in [3.8, 4) is 0 Å². The van der Waals surface area contributed by atoms with E-state index < -0.39 is 0 Å². The topological polar surface area (TPSA) is 15.6 Å². The molecule has 26 heavy (non-hydrogen) atoms. The largest absolute Gasteiger partial charge is 0.337 e. The average Bonchev–Trinajstić information content (AvgIpc) is 3.03. The fraction of sp³-hybridized carbons (Fsp3) is 0.0870. The number of halogens is 1. The van der Waals surface area contributed by atoms with Gasteiger partial charge in [0.25, 0.3) is 0 Å². The summed E-state index contributed by atoms with van der Waals surface area (Å²) in [5.41, 5.74) is 8.15. The van der Waals surface area contributed by atoms with Gasteiger partial charge in [-0.1, -0.05) is 46.3 Å².